The first kappa shape index (κ1) is 13.2. The van der Waals surface area contributed by atoms with Crippen LogP contribution >= 0.6 is 0 Å². The van der Waals surface area contributed by atoms with Crippen LogP contribution < -0.4 is 5.32 Å². The number of carbonyl (C=O) groups is 1. The van der Waals surface area contributed by atoms with E-state index >= 15 is 0 Å². The Morgan fingerprint density at radius 2 is 1.62 bits per heavy atom. The van der Waals surface area contributed by atoms with Crippen molar-refractivity contribution >= 4 is 22.4 Å². The van der Waals surface area contributed by atoms with E-state index in [-0.39, 0.29) is 5.69 Å². The Morgan fingerprint density at radius 3 is 2.43 bits per heavy atom. The van der Waals surface area contributed by atoms with Gasteiger partial charge in [-0.15, -0.1) is 0 Å². The van der Waals surface area contributed by atoms with Crippen LogP contribution in [-0.2, 0) is 0 Å². The average Bonchev–Trinajstić information content (AvgIpc) is 2.50. The van der Waals surface area contributed by atoms with E-state index in [1.54, 1.807) is 12.1 Å². The molecule has 104 valence electrons. The lowest BCUT2D eigenvalue weighted by Gasteiger charge is -2.07. The van der Waals surface area contributed by atoms with Gasteiger partial charge in [0.2, 0.25) is 0 Å². The molecule has 2 nitrogen and oxygen atoms in total. The smallest absolute Gasteiger partial charge is 0.255 e. The number of benzene rings is 3. The number of hydrogen-bond acceptors (Lipinski definition) is 1. The highest BCUT2D eigenvalue weighted by Gasteiger charge is 2.10. The summed E-state index contributed by atoms with van der Waals surface area (Å²) in [6.45, 7) is 0. The molecule has 3 aromatic rings. The highest BCUT2D eigenvalue weighted by Crippen LogP contribution is 2.19. The number of carbonyl (C=O) groups excluding carboxylic acids is 1. The van der Waals surface area contributed by atoms with Gasteiger partial charge in [-0.3, -0.25) is 4.79 Å². The van der Waals surface area contributed by atoms with E-state index in [9.17, 15) is 13.6 Å². The molecule has 0 radical (unpaired) electrons. The Kier molecular flexibility index (Phi) is 3.36. The van der Waals surface area contributed by atoms with Gasteiger partial charge in [0.1, 0.15) is 11.6 Å². The van der Waals surface area contributed by atoms with Gasteiger partial charge in [0.05, 0.1) is 5.69 Å². The van der Waals surface area contributed by atoms with Gasteiger partial charge in [-0.05, 0) is 35.0 Å². The van der Waals surface area contributed by atoms with Crippen LogP contribution in [0, 0.1) is 11.6 Å². The van der Waals surface area contributed by atoms with Crippen LogP contribution in [0.2, 0.25) is 0 Å². The van der Waals surface area contributed by atoms with E-state index in [4.69, 9.17) is 0 Å². The first-order valence-electron chi connectivity index (χ1n) is 6.39. The van der Waals surface area contributed by atoms with Crippen LogP contribution in [0.25, 0.3) is 10.8 Å². The van der Waals surface area contributed by atoms with Crippen molar-refractivity contribution in [3.05, 3.63) is 77.9 Å². The van der Waals surface area contributed by atoms with Gasteiger partial charge in [0.25, 0.3) is 5.91 Å². The second kappa shape index (κ2) is 5.32. The normalized spacial score (nSPS) is 10.6. The van der Waals surface area contributed by atoms with Crippen molar-refractivity contribution in [3.8, 4) is 0 Å². The third kappa shape index (κ3) is 2.74. The van der Waals surface area contributed by atoms with Crippen LogP contribution in [-0.4, -0.2) is 5.91 Å². The summed E-state index contributed by atoms with van der Waals surface area (Å²) in [5.41, 5.74) is 0.213. The van der Waals surface area contributed by atoms with Gasteiger partial charge < -0.3 is 5.32 Å². The molecule has 1 N–H and O–H groups in total. The molecule has 0 atom stereocenters. The highest BCUT2D eigenvalue weighted by molar-refractivity contribution is 6.06. The molecule has 0 aromatic heterocycles. The second-order valence-corrected chi connectivity index (χ2v) is 4.64. The molecule has 1 amide bonds. The van der Waals surface area contributed by atoms with Gasteiger partial charge >= 0.3 is 0 Å². The van der Waals surface area contributed by atoms with Gasteiger partial charge in [-0.2, -0.15) is 0 Å². The molecular formula is C17H11F2NO. The summed E-state index contributed by atoms with van der Waals surface area (Å²) >= 11 is 0. The molecule has 0 heterocycles. The van der Waals surface area contributed by atoms with E-state index in [0.717, 1.165) is 29.0 Å². The monoisotopic (exact) mass is 283 g/mol. The molecule has 0 saturated carbocycles. The van der Waals surface area contributed by atoms with Gasteiger partial charge in [0, 0.05) is 11.6 Å². The molecule has 0 unspecified atom stereocenters. The molecule has 3 rings (SSSR count). The highest BCUT2D eigenvalue weighted by atomic mass is 19.1. The van der Waals surface area contributed by atoms with Crippen molar-refractivity contribution in [1.82, 2.24) is 0 Å². The molecule has 0 fully saturated rings. The van der Waals surface area contributed by atoms with E-state index in [1.165, 1.54) is 0 Å². The minimum atomic E-state index is -0.675. The molecule has 0 bridgehead atoms. The number of anilines is 1. The Labute approximate surface area is 120 Å². The minimum Gasteiger partial charge on any atom is -0.319 e. The average molecular weight is 283 g/mol. The third-order valence-electron chi connectivity index (χ3n) is 3.19. The Morgan fingerprint density at radius 1 is 0.857 bits per heavy atom. The standard InChI is InChI=1S/C17H11F2NO/c18-14-7-8-15(19)16(10-14)20-17(21)13-6-5-11-3-1-2-4-12(11)9-13/h1-10H,(H,20,21). The topological polar surface area (TPSA) is 29.1 Å². The SMILES string of the molecule is O=C(Nc1cc(F)ccc1F)c1ccc2ccccc2c1. The van der Waals surface area contributed by atoms with E-state index < -0.39 is 17.5 Å². The summed E-state index contributed by atoms with van der Waals surface area (Å²) in [7, 11) is 0. The molecule has 3 aromatic carbocycles. The third-order valence-corrected chi connectivity index (χ3v) is 3.19. The Bertz CT molecular complexity index is 830. The van der Waals surface area contributed by atoms with Gasteiger partial charge in [-0.25, -0.2) is 8.78 Å². The molecular weight excluding hydrogens is 272 g/mol. The van der Waals surface area contributed by atoms with Crippen LogP contribution in [0.15, 0.2) is 60.7 Å². The fourth-order valence-corrected chi connectivity index (χ4v) is 2.12. The van der Waals surface area contributed by atoms with Crippen LogP contribution in [0.5, 0.6) is 0 Å². The first-order valence-corrected chi connectivity index (χ1v) is 6.39. The predicted octanol–water partition coefficient (Wildman–Crippen LogP) is 4.37. The second-order valence-electron chi connectivity index (χ2n) is 4.64. The molecule has 0 aliphatic carbocycles. The quantitative estimate of drug-likeness (QED) is 0.743. The van der Waals surface area contributed by atoms with Crippen LogP contribution in [0.1, 0.15) is 10.4 Å². The van der Waals surface area contributed by atoms with Gasteiger partial charge in [0.15, 0.2) is 0 Å². The predicted molar refractivity (Wildman–Crippen MR) is 78.3 cm³/mol. The molecule has 0 aliphatic rings. The number of hydrogen-bond donors (Lipinski definition) is 1. The van der Waals surface area contributed by atoms with Crippen molar-refractivity contribution in [2.24, 2.45) is 0 Å². The zero-order valence-electron chi connectivity index (χ0n) is 10.9. The summed E-state index contributed by atoms with van der Waals surface area (Å²) in [4.78, 5) is 12.1. The fraction of sp³-hybridized carbons (Fsp3) is 0. The molecule has 0 spiro atoms. The molecule has 0 saturated heterocycles. The summed E-state index contributed by atoms with van der Waals surface area (Å²) in [6.07, 6.45) is 0. The van der Waals surface area contributed by atoms with Crippen molar-refractivity contribution < 1.29 is 13.6 Å². The van der Waals surface area contributed by atoms with Crippen molar-refractivity contribution in [1.29, 1.82) is 0 Å². The van der Waals surface area contributed by atoms with Crippen molar-refractivity contribution in [3.63, 3.8) is 0 Å². The zero-order chi connectivity index (χ0) is 14.8. The Hall–Kier alpha value is -2.75. The maximum Gasteiger partial charge on any atom is 0.255 e. The van der Waals surface area contributed by atoms with Crippen LogP contribution in [0.4, 0.5) is 14.5 Å². The molecule has 4 heteroatoms. The first-order chi connectivity index (χ1) is 10.1. The molecule has 21 heavy (non-hydrogen) atoms. The molecule has 0 aliphatic heterocycles. The number of fused-ring (bicyclic) bond motifs is 1. The van der Waals surface area contributed by atoms with E-state index in [0.29, 0.717) is 5.56 Å². The number of rotatable bonds is 2. The van der Waals surface area contributed by atoms with Crippen molar-refractivity contribution in [2.45, 2.75) is 0 Å². The minimum absolute atomic E-state index is 0.173. The van der Waals surface area contributed by atoms with Crippen molar-refractivity contribution in [2.75, 3.05) is 5.32 Å². The number of nitrogens with one attached hydrogen (secondary N) is 1. The van der Waals surface area contributed by atoms with Crippen LogP contribution in [0.3, 0.4) is 0 Å². The zero-order valence-corrected chi connectivity index (χ0v) is 10.9. The number of amides is 1. The Balaban J connectivity index is 1.91. The maximum atomic E-state index is 13.5. The maximum absolute atomic E-state index is 13.5. The fourth-order valence-electron chi connectivity index (χ4n) is 2.12. The largest absolute Gasteiger partial charge is 0.319 e. The summed E-state index contributed by atoms with van der Waals surface area (Å²) in [5, 5.41) is 4.29. The lowest BCUT2D eigenvalue weighted by molar-refractivity contribution is 0.102. The summed E-state index contributed by atoms with van der Waals surface area (Å²) < 4.78 is 26.6. The number of halogens is 2. The summed E-state index contributed by atoms with van der Waals surface area (Å²) in [5.74, 6) is -1.76. The van der Waals surface area contributed by atoms with E-state index in [2.05, 4.69) is 5.32 Å². The summed E-state index contributed by atoms with van der Waals surface area (Å²) in [6, 6.07) is 15.7. The van der Waals surface area contributed by atoms with E-state index in [1.807, 2.05) is 30.3 Å². The van der Waals surface area contributed by atoms with Gasteiger partial charge in [-0.1, -0.05) is 30.3 Å². The lowest BCUT2D eigenvalue weighted by atomic mass is 10.1. The lowest BCUT2D eigenvalue weighted by Crippen LogP contribution is -2.13.